The molecule has 0 aliphatic rings. The third-order valence-corrected chi connectivity index (χ3v) is 2.17. The smallest absolute Gasteiger partial charge is 0.228 e. The van der Waals surface area contributed by atoms with Gasteiger partial charge in [-0.3, -0.25) is 4.79 Å². The van der Waals surface area contributed by atoms with E-state index in [0.29, 0.717) is 5.82 Å². The SMILES string of the molecule is Cc1nc(NC(=O)C(C)C)cs1. The lowest BCUT2D eigenvalue weighted by molar-refractivity contribution is -0.118. The summed E-state index contributed by atoms with van der Waals surface area (Å²) < 4.78 is 0. The molecule has 1 aromatic rings. The van der Waals surface area contributed by atoms with Crippen molar-refractivity contribution in [2.45, 2.75) is 20.8 Å². The summed E-state index contributed by atoms with van der Waals surface area (Å²) in [6.45, 7) is 5.62. The Bertz CT molecular complexity index is 280. The molecule has 66 valence electrons. The summed E-state index contributed by atoms with van der Waals surface area (Å²) in [6, 6.07) is 0. The highest BCUT2D eigenvalue weighted by molar-refractivity contribution is 7.09. The number of aryl methyl sites for hydroxylation is 1. The molecule has 1 aromatic heterocycles. The van der Waals surface area contributed by atoms with Crippen molar-refractivity contribution >= 4 is 23.1 Å². The van der Waals surface area contributed by atoms with Crippen molar-refractivity contribution in [2.24, 2.45) is 5.92 Å². The zero-order chi connectivity index (χ0) is 9.14. The van der Waals surface area contributed by atoms with Crippen LogP contribution in [0.2, 0.25) is 0 Å². The van der Waals surface area contributed by atoms with E-state index in [0.717, 1.165) is 5.01 Å². The average Bonchev–Trinajstić information content (AvgIpc) is 2.35. The second-order valence-electron chi connectivity index (χ2n) is 2.90. The third kappa shape index (κ3) is 2.30. The molecule has 0 saturated carbocycles. The maximum absolute atomic E-state index is 11.2. The second-order valence-corrected chi connectivity index (χ2v) is 3.96. The summed E-state index contributed by atoms with van der Waals surface area (Å²) >= 11 is 1.53. The first-order chi connectivity index (χ1) is 5.59. The van der Waals surface area contributed by atoms with Crippen LogP contribution >= 0.6 is 11.3 Å². The molecule has 4 heteroatoms. The van der Waals surface area contributed by atoms with Gasteiger partial charge in [-0.1, -0.05) is 13.8 Å². The monoisotopic (exact) mass is 184 g/mol. The number of carbonyl (C=O) groups excluding carboxylic acids is 1. The van der Waals surface area contributed by atoms with Crippen molar-refractivity contribution in [1.82, 2.24) is 4.98 Å². The number of hydrogen-bond acceptors (Lipinski definition) is 3. The van der Waals surface area contributed by atoms with Crippen molar-refractivity contribution in [3.8, 4) is 0 Å². The molecule has 0 unspecified atom stereocenters. The Balaban J connectivity index is 2.58. The average molecular weight is 184 g/mol. The van der Waals surface area contributed by atoms with Crippen LogP contribution in [0.4, 0.5) is 5.82 Å². The lowest BCUT2D eigenvalue weighted by atomic mass is 10.2. The summed E-state index contributed by atoms with van der Waals surface area (Å²) in [6.07, 6.45) is 0. The Labute approximate surface area is 75.8 Å². The third-order valence-electron chi connectivity index (χ3n) is 1.39. The second kappa shape index (κ2) is 3.67. The van der Waals surface area contributed by atoms with Gasteiger partial charge >= 0.3 is 0 Å². The first kappa shape index (κ1) is 9.19. The summed E-state index contributed by atoms with van der Waals surface area (Å²) in [4.78, 5) is 15.3. The zero-order valence-corrected chi connectivity index (χ0v) is 8.23. The minimum absolute atomic E-state index is 0.00649. The minimum Gasteiger partial charge on any atom is -0.310 e. The van der Waals surface area contributed by atoms with Gasteiger partial charge in [0.1, 0.15) is 5.82 Å². The van der Waals surface area contributed by atoms with Crippen LogP contribution < -0.4 is 5.32 Å². The fourth-order valence-electron chi connectivity index (χ4n) is 0.691. The van der Waals surface area contributed by atoms with Crippen molar-refractivity contribution in [3.05, 3.63) is 10.4 Å². The van der Waals surface area contributed by atoms with Crippen LogP contribution in [-0.2, 0) is 4.79 Å². The minimum atomic E-state index is 0.00649. The van der Waals surface area contributed by atoms with Crippen LogP contribution in [0.15, 0.2) is 5.38 Å². The highest BCUT2D eigenvalue weighted by Gasteiger charge is 2.07. The Hall–Kier alpha value is -0.900. The van der Waals surface area contributed by atoms with E-state index in [9.17, 15) is 4.79 Å². The first-order valence-electron chi connectivity index (χ1n) is 3.82. The number of thiazole rings is 1. The van der Waals surface area contributed by atoms with Gasteiger partial charge in [-0.2, -0.15) is 0 Å². The fourth-order valence-corrected chi connectivity index (χ4v) is 1.24. The van der Waals surface area contributed by atoms with Crippen molar-refractivity contribution < 1.29 is 4.79 Å². The Morgan fingerprint density at radius 1 is 1.67 bits per heavy atom. The van der Waals surface area contributed by atoms with E-state index < -0.39 is 0 Å². The number of amides is 1. The standard InChI is InChI=1S/C8H12N2OS/c1-5(2)8(11)10-7-4-12-6(3)9-7/h4-5H,1-3H3,(H,10,11). The summed E-state index contributed by atoms with van der Waals surface area (Å²) in [5.41, 5.74) is 0. The van der Waals surface area contributed by atoms with E-state index in [1.807, 2.05) is 26.2 Å². The Morgan fingerprint density at radius 2 is 2.33 bits per heavy atom. The van der Waals surface area contributed by atoms with Gasteiger partial charge in [-0.15, -0.1) is 11.3 Å². The molecular weight excluding hydrogens is 172 g/mol. The van der Waals surface area contributed by atoms with E-state index in [1.54, 1.807) is 0 Å². The molecule has 0 atom stereocenters. The van der Waals surface area contributed by atoms with Gasteiger partial charge in [-0.25, -0.2) is 4.98 Å². The molecule has 0 bridgehead atoms. The largest absolute Gasteiger partial charge is 0.310 e. The molecular formula is C8H12N2OS. The molecule has 1 N–H and O–H groups in total. The number of aromatic nitrogens is 1. The summed E-state index contributed by atoms with van der Waals surface area (Å²) in [5, 5.41) is 5.53. The maximum Gasteiger partial charge on any atom is 0.228 e. The molecule has 1 amide bonds. The van der Waals surface area contributed by atoms with E-state index in [1.165, 1.54) is 11.3 Å². The predicted octanol–water partition coefficient (Wildman–Crippen LogP) is 2.05. The van der Waals surface area contributed by atoms with E-state index in [4.69, 9.17) is 0 Å². The van der Waals surface area contributed by atoms with E-state index in [2.05, 4.69) is 10.3 Å². The van der Waals surface area contributed by atoms with Gasteiger partial charge in [0.2, 0.25) is 5.91 Å². The molecule has 3 nitrogen and oxygen atoms in total. The van der Waals surface area contributed by atoms with E-state index in [-0.39, 0.29) is 11.8 Å². The van der Waals surface area contributed by atoms with Crippen molar-refractivity contribution in [2.75, 3.05) is 5.32 Å². The highest BCUT2D eigenvalue weighted by atomic mass is 32.1. The topological polar surface area (TPSA) is 42.0 Å². The van der Waals surface area contributed by atoms with Crippen LogP contribution in [0, 0.1) is 12.8 Å². The van der Waals surface area contributed by atoms with Gasteiger partial charge in [0.05, 0.1) is 5.01 Å². The molecule has 0 fully saturated rings. The maximum atomic E-state index is 11.2. The zero-order valence-electron chi connectivity index (χ0n) is 7.42. The number of hydrogen-bond donors (Lipinski definition) is 1. The lowest BCUT2D eigenvalue weighted by Crippen LogP contribution is -2.17. The quantitative estimate of drug-likeness (QED) is 0.764. The fraction of sp³-hybridized carbons (Fsp3) is 0.500. The number of nitrogens with one attached hydrogen (secondary N) is 1. The Kier molecular flexibility index (Phi) is 2.81. The van der Waals surface area contributed by atoms with E-state index >= 15 is 0 Å². The molecule has 1 rings (SSSR count). The van der Waals surface area contributed by atoms with Crippen LogP contribution in [0.1, 0.15) is 18.9 Å². The number of nitrogens with zero attached hydrogens (tertiary/aromatic N) is 1. The number of carbonyl (C=O) groups is 1. The molecule has 0 radical (unpaired) electrons. The van der Waals surface area contributed by atoms with Gasteiger partial charge in [0.25, 0.3) is 0 Å². The molecule has 1 heterocycles. The van der Waals surface area contributed by atoms with Gasteiger partial charge in [0.15, 0.2) is 0 Å². The normalized spacial score (nSPS) is 10.3. The van der Waals surface area contributed by atoms with Gasteiger partial charge in [0, 0.05) is 11.3 Å². The van der Waals surface area contributed by atoms with Crippen LogP contribution in [0.25, 0.3) is 0 Å². The number of anilines is 1. The lowest BCUT2D eigenvalue weighted by Gasteiger charge is -2.03. The van der Waals surface area contributed by atoms with Crippen LogP contribution in [-0.4, -0.2) is 10.9 Å². The molecule has 0 saturated heterocycles. The summed E-state index contributed by atoms with van der Waals surface area (Å²) in [7, 11) is 0. The predicted molar refractivity (Wildman–Crippen MR) is 50.3 cm³/mol. The molecule has 12 heavy (non-hydrogen) atoms. The van der Waals surface area contributed by atoms with Crippen molar-refractivity contribution in [3.63, 3.8) is 0 Å². The molecule has 0 aliphatic carbocycles. The molecule has 0 spiro atoms. The number of rotatable bonds is 2. The summed E-state index contributed by atoms with van der Waals surface area (Å²) in [5.74, 6) is 0.684. The highest BCUT2D eigenvalue weighted by Crippen LogP contribution is 2.13. The first-order valence-corrected chi connectivity index (χ1v) is 4.70. The molecule has 0 aromatic carbocycles. The van der Waals surface area contributed by atoms with Gasteiger partial charge in [-0.05, 0) is 6.92 Å². The Morgan fingerprint density at radius 3 is 2.75 bits per heavy atom. The van der Waals surface area contributed by atoms with Crippen LogP contribution in [0.3, 0.4) is 0 Å². The van der Waals surface area contributed by atoms with Crippen LogP contribution in [0.5, 0.6) is 0 Å². The van der Waals surface area contributed by atoms with Gasteiger partial charge < -0.3 is 5.32 Å². The molecule has 0 aliphatic heterocycles. The van der Waals surface area contributed by atoms with Crippen molar-refractivity contribution in [1.29, 1.82) is 0 Å².